The lowest BCUT2D eigenvalue weighted by Crippen LogP contribution is -1.98. The Labute approximate surface area is 122 Å². The number of benzene rings is 2. The van der Waals surface area contributed by atoms with Gasteiger partial charge in [0.15, 0.2) is 0 Å². The van der Waals surface area contributed by atoms with Crippen LogP contribution in [0.25, 0.3) is 10.9 Å². The lowest BCUT2D eigenvalue weighted by Gasteiger charge is -2.09. The van der Waals surface area contributed by atoms with Crippen molar-refractivity contribution >= 4 is 28.2 Å². The van der Waals surface area contributed by atoms with Crippen molar-refractivity contribution in [1.82, 2.24) is 4.98 Å². The van der Waals surface area contributed by atoms with Gasteiger partial charge in [-0.1, -0.05) is 35.9 Å². The number of anilines is 1. The highest BCUT2D eigenvalue weighted by Gasteiger charge is 2.06. The largest absolute Gasteiger partial charge is 0.489 e. The van der Waals surface area contributed by atoms with Crippen LogP contribution in [-0.2, 0) is 6.61 Å². The summed E-state index contributed by atoms with van der Waals surface area (Å²) >= 11 is 6.18. The van der Waals surface area contributed by atoms with Gasteiger partial charge in [-0.05, 0) is 24.3 Å². The molecule has 0 bridgehead atoms. The van der Waals surface area contributed by atoms with E-state index >= 15 is 0 Å². The molecule has 0 amide bonds. The lowest BCUT2D eigenvalue weighted by molar-refractivity contribution is 0.306. The third kappa shape index (κ3) is 2.68. The Hall–Kier alpha value is -2.26. The standard InChI is InChI=1S/C16H13ClN2O/c17-16-12(8-11-4-1-2-7-15(11)19-16)10-20-14-6-3-5-13(18)9-14/h1-9H,10,18H2. The zero-order valence-corrected chi connectivity index (χ0v) is 11.5. The summed E-state index contributed by atoms with van der Waals surface area (Å²) < 4.78 is 5.70. The van der Waals surface area contributed by atoms with Crippen LogP contribution < -0.4 is 10.5 Å². The second kappa shape index (κ2) is 5.39. The van der Waals surface area contributed by atoms with E-state index in [1.54, 1.807) is 6.07 Å². The van der Waals surface area contributed by atoms with Crippen LogP contribution in [-0.4, -0.2) is 4.98 Å². The molecule has 100 valence electrons. The summed E-state index contributed by atoms with van der Waals surface area (Å²) in [7, 11) is 0. The van der Waals surface area contributed by atoms with Gasteiger partial charge in [0.05, 0.1) is 5.52 Å². The molecule has 0 saturated heterocycles. The van der Waals surface area contributed by atoms with E-state index in [4.69, 9.17) is 22.1 Å². The fourth-order valence-corrected chi connectivity index (χ4v) is 2.20. The van der Waals surface area contributed by atoms with Crippen LogP contribution in [0.2, 0.25) is 5.15 Å². The molecule has 3 rings (SSSR count). The quantitative estimate of drug-likeness (QED) is 0.583. The molecule has 1 aromatic heterocycles. The van der Waals surface area contributed by atoms with Crippen molar-refractivity contribution in [1.29, 1.82) is 0 Å². The first kappa shape index (κ1) is 12.8. The first-order valence-electron chi connectivity index (χ1n) is 6.25. The molecule has 4 heteroatoms. The van der Waals surface area contributed by atoms with Gasteiger partial charge in [-0.25, -0.2) is 4.98 Å². The highest BCUT2D eigenvalue weighted by atomic mass is 35.5. The molecule has 0 spiro atoms. The first-order chi connectivity index (χ1) is 9.72. The number of para-hydroxylation sites is 1. The van der Waals surface area contributed by atoms with Crippen molar-refractivity contribution in [2.75, 3.05) is 5.73 Å². The molecule has 0 radical (unpaired) electrons. The summed E-state index contributed by atoms with van der Waals surface area (Å²) in [5.74, 6) is 0.717. The van der Waals surface area contributed by atoms with Gasteiger partial charge in [0.2, 0.25) is 0 Å². The van der Waals surface area contributed by atoms with E-state index in [1.165, 1.54) is 0 Å². The van der Waals surface area contributed by atoms with Crippen molar-refractivity contribution in [3.05, 3.63) is 65.3 Å². The molecule has 1 heterocycles. The van der Waals surface area contributed by atoms with Crippen molar-refractivity contribution in [2.24, 2.45) is 0 Å². The van der Waals surface area contributed by atoms with Gasteiger partial charge in [0.25, 0.3) is 0 Å². The Morgan fingerprint density at radius 3 is 2.75 bits per heavy atom. The summed E-state index contributed by atoms with van der Waals surface area (Å²) in [5.41, 5.74) is 8.12. The predicted octanol–water partition coefficient (Wildman–Crippen LogP) is 4.05. The number of fused-ring (bicyclic) bond motifs is 1. The Morgan fingerprint density at radius 1 is 1.05 bits per heavy atom. The molecule has 3 aromatic rings. The van der Waals surface area contributed by atoms with Crippen molar-refractivity contribution < 1.29 is 4.74 Å². The first-order valence-corrected chi connectivity index (χ1v) is 6.63. The fourth-order valence-electron chi connectivity index (χ4n) is 2.00. The van der Waals surface area contributed by atoms with E-state index in [-0.39, 0.29) is 0 Å². The zero-order valence-electron chi connectivity index (χ0n) is 10.7. The van der Waals surface area contributed by atoms with Crippen LogP contribution in [0.4, 0.5) is 5.69 Å². The second-order valence-corrected chi connectivity index (χ2v) is 4.85. The average molecular weight is 285 g/mol. The SMILES string of the molecule is Nc1cccc(OCc2cc3ccccc3nc2Cl)c1. The number of pyridine rings is 1. The number of hydrogen-bond acceptors (Lipinski definition) is 3. The monoisotopic (exact) mass is 284 g/mol. The molecule has 0 aliphatic carbocycles. The van der Waals surface area contributed by atoms with Crippen LogP contribution in [0.5, 0.6) is 5.75 Å². The van der Waals surface area contributed by atoms with Crippen molar-refractivity contribution in [3.63, 3.8) is 0 Å². The number of nitrogen functional groups attached to an aromatic ring is 1. The Balaban J connectivity index is 1.85. The predicted molar refractivity (Wildman–Crippen MR) is 81.9 cm³/mol. The molecule has 2 N–H and O–H groups in total. The summed E-state index contributed by atoms with van der Waals surface area (Å²) in [6, 6.07) is 17.2. The molecule has 0 saturated carbocycles. The Bertz CT molecular complexity index is 758. The maximum atomic E-state index is 6.18. The third-order valence-corrected chi connectivity index (χ3v) is 3.33. The van der Waals surface area contributed by atoms with E-state index in [9.17, 15) is 0 Å². The van der Waals surface area contributed by atoms with E-state index in [1.807, 2.05) is 48.5 Å². The van der Waals surface area contributed by atoms with Gasteiger partial charge in [-0.2, -0.15) is 0 Å². The maximum Gasteiger partial charge on any atom is 0.136 e. The molecule has 0 aliphatic rings. The normalized spacial score (nSPS) is 10.7. The van der Waals surface area contributed by atoms with Crippen LogP contribution >= 0.6 is 11.6 Å². The zero-order chi connectivity index (χ0) is 13.9. The molecule has 0 aliphatic heterocycles. The Morgan fingerprint density at radius 2 is 1.90 bits per heavy atom. The smallest absolute Gasteiger partial charge is 0.136 e. The van der Waals surface area contributed by atoms with E-state index < -0.39 is 0 Å². The van der Waals surface area contributed by atoms with Gasteiger partial charge in [-0.15, -0.1) is 0 Å². The van der Waals surface area contributed by atoms with Gasteiger partial charge in [0.1, 0.15) is 17.5 Å². The summed E-state index contributed by atoms with van der Waals surface area (Å²) in [5, 5.41) is 1.51. The Kier molecular flexibility index (Phi) is 3.44. The molecular weight excluding hydrogens is 272 g/mol. The fraction of sp³-hybridized carbons (Fsp3) is 0.0625. The number of halogens is 1. The minimum Gasteiger partial charge on any atom is -0.489 e. The molecule has 3 nitrogen and oxygen atoms in total. The topological polar surface area (TPSA) is 48.1 Å². The highest BCUT2D eigenvalue weighted by Crippen LogP contribution is 2.22. The van der Waals surface area contributed by atoms with Crippen molar-refractivity contribution in [3.8, 4) is 5.75 Å². The van der Waals surface area contributed by atoms with E-state index in [0.29, 0.717) is 23.2 Å². The summed E-state index contributed by atoms with van der Waals surface area (Å²) in [6.45, 7) is 0.361. The number of rotatable bonds is 3. The van der Waals surface area contributed by atoms with Crippen LogP contribution in [0.3, 0.4) is 0 Å². The van der Waals surface area contributed by atoms with Gasteiger partial charge in [-0.3, -0.25) is 0 Å². The molecule has 0 atom stereocenters. The van der Waals surface area contributed by atoms with Gasteiger partial charge < -0.3 is 10.5 Å². The van der Waals surface area contributed by atoms with Crippen LogP contribution in [0.15, 0.2) is 54.6 Å². The minimum atomic E-state index is 0.361. The second-order valence-electron chi connectivity index (χ2n) is 4.49. The van der Waals surface area contributed by atoms with Crippen LogP contribution in [0.1, 0.15) is 5.56 Å². The molecule has 20 heavy (non-hydrogen) atoms. The number of ether oxygens (including phenoxy) is 1. The highest BCUT2D eigenvalue weighted by molar-refractivity contribution is 6.30. The number of nitrogens with two attached hydrogens (primary N) is 1. The average Bonchev–Trinajstić information content (AvgIpc) is 2.45. The maximum absolute atomic E-state index is 6.18. The van der Waals surface area contributed by atoms with Crippen LogP contribution in [0, 0.1) is 0 Å². The molecule has 0 fully saturated rings. The number of aromatic nitrogens is 1. The van der Waals surface area contributed by atoms with E-state index in [2.05, 4.69) is 4.98 Å². The summed E-state index contributed by atoms with van der Waals surface area (Å²) in [4.78, 5) is 4.37. The third-order valence-electron chi connectivity index (χ3n) is 3.00. The molecular formula is C16H13ClN2O. The van der Waals surface area contributed by atoms with E-state index in [0.717, 1.165) is 16.5 Å². The number of nitrogens with zero attached hydrogens (tertiary/aromatic N) is 1. The summed E-state index contributed by atoms with van der Waals surface area (Å²) in [6.07, 6.45) is 0. The van der Waals surface area contributed by atoms with Gasteiger partial charge in [0, 0.05) is 22.7 Å². The molecule has 2 aromatic carbocycles. The molecule has 0 unspecified atom stereocenters. The lowest BCUT2D eigenvalue weighted by atomic mass is 10.2. The van der Waals surface area contributed by atoms with Crippen molar-refractivity contribution in [2.45, 2.75) is 6.61 Å². The number of hydrogen-bond donors (Lipinski definition) is 1. The van der Waals surface area contributed by atoms with Gasteiger partial charge >= 0.3 is 0 Å². The minimum absolute atomic E-state index is 0.361.